The zero-order valence-electron chi connectivity index (χ0n) is 15.4. The summed E-state index contributed by atoms with van der Waals surface area (Å²) in [5, 5.41) is -0.0943. The van der Waals surface area contributed by atoms with Crippen molar-refractivity contribution in [2.24, 2.45) is 0 Å². The van der Waals surface area contributed by atoms with Gasteiger partial charge in [0.1, 0.15) is 5.75 Å². The fourth-order valence-electron chi connectivity index (χ4n) is 3.37. The van der Waals surface area contributed by atoms with Gasteiger partial charge in [-0.25, -0.2) is 8.42 Å². The predicted octanol–water partition coefficient (Wildman–Crippen LogP) is 4.12. The van der Waals surface area contributed by atoms with Crippen molar-refractivity contribution in [3.8, 4) is 5.75 Å². The molecule has 0 bridgehead atoms. The van der Waals surface area contributed by atoms with E-state index in [4.69, 9.17) is 16.3 Å². The van der Waals surface area contributed by atoms with Gasteiger partial charge in [-0.15, -0.1) is 0 Å². The van der Waals surface area contributed by atoms with Gasteiger partial charge in [0.25, 0.3) is 0 Å². The first kappa shape index (κ1) is 21.1. The molecule has 3 rings (SSSR count). The molecule has 1 aliphatic rings. The summed E-state index contributed by atoms with van der Waals surface area (Å²) >= 11 is 9.27. The van der Waals surface area contributed by atoms with Crippen molar-refractivity contribution < 1.29 is 17.9 Å². The third kappa shape index (κ3) is 4.70. The quantitative estimate of drug-likeness (QED) is 0.616. The summed E-state index contributed by atoms with van der Waals surface area (Å²) in [6.07, 6.45) is 1.28. The predicted molar refractivity (Wildman–Crippen MR) is 113 cm³/mol. The van der Waals surface area contributed by atoms with Crippen LogP contribution in [0.3, 0.4) is 0 Å². The Balaban J connectivity index is 1.63. The van der Waals surface area contributed by atoms with E-state index in [1.165, 1.54) is 12.1 Å². The number of nitrogens with zero attached hydrogens (tertiary/aromatic N) is 1. The summed E-state index contributed by atoms with van der Waals surface area (Å²) in [5.74, 6) is 0.691. The lowest BCUT2D eigenvalue weighted by atomic mass is 10.1. The van der Waals surface area contributed by atoms with Crippen LogP contribution < -0.4 is 4.74 Å². The van der Waals surface area contributed by atoms with Gasteiger partial charge in [0.05, 0.1) is 17.3 Å². The number of halogens is 2. The summed E-state index contributed by atoms with van der Waals surface area (Å²) in [6, 6.07) is 11.8. The van der Waals surface area contributed by atoms with Gasteiger partial charge >= 0.3 is 0 Å². The molecule has 5 nitrogen and oxygen atoms in total. The van der Waals surface area contributed by atoms with E-state index in [-0.39, 0.29) is 17.3 Å². The Kier molecular flexibility index (Phi) is 6.68. The third-order valence-corrected chi connectivity index (χ3v) is 7.87. The standard InChI is InChI=1S/C20H21BrClNO4S/c1-27-19-8-3-15(21)12-14(19)2-9-20(24)23-11-10-18(13-23)28(25,26)17-6-4-16(22)5-7-17/h3-8,12,18H,2,9-11,13H2,1H3. The molecule has 0 aromatic heterocycles. The summed E-state index contributed by atoms with van der Waals surface area (Å²) in [7, 11) is -1.89. The number of ether oxygens (including phenoxy) is 1. The first-order valence-corrected chi connectivity index (χ1v) is 11.6. The van der Waals surface area contributed by atoms with Crippen molar-refractivity contribution >= 4 is 43.3 Å². The molecule has 1 atom stereocenters. The minimum absolute atomic E-state index is 0.0455. The van der Waals surface area contributed by atoms with Crippen LogP contribution in [-0.2, 0) is 21.1 Å². The van der Waals surface area contributed by atoms with Gasteiger partial charge in [0.2, 0.25) is 5.91 Å². The SMILES string of the molecule is COc1ccc(Br)cc1CCC(=O)N1CCC(S(=O)(=O)c2ccc(Cl)cc2)C1. The number of sulfone groups is 1. The van der Waals surface area contributed by atoms with Crippen molar-refractivity contribution in [2.45, 2.75) is 29.4 Å². The van der Waals surface area contributed by atoms with Crippen LogP contribution in [0.25, 0.3) is 0 Å². The number of methoxy groups -OCH3 is 1. The number of hydrogen-bond donors (Lipinski definition) is 0. The molecule has 2 aromatic rings. The Morgan fingerprint density at radius 3 is 2.64 bits per heavy atom. The van der Waals surface area contributed by atoms with Gasteiger partial charge in [-0.2, -0.15) is 0 Å². The lowest BCUT2D eigenvalue weighted by Gasteiger charge is -2.17. The van der Waals surface area contributed by atoms with Crippen LogP contribution in [0.2, 0.25) is 5.02 Å². The molecule has 1 fully saturated rings. The number of rotatable bonds is 6. The van der Waals surface area contributed by atoms with Gasteiger partial charge < -0.3 is 9.64 Å². The second-order valence-electron chi connectivity index (χ2n) is 6.71. The monoisotopic (exact) mass is 485 g/mol. The Morgan fingerprint density at radius 2 is 1.96 bits per heavy atom. The molecule has 2 aromatic carbocycles. The van der Waals surface area contributed by atoms with Crippen molar-refractivity contribution in [3.63, 3.8) is 0 Å². The minimum atomic E-state index is -3.48. The first-order chi connectivity index (χ1) is 13.3. The smallest absolute Gasteiger partial charge is 0.222 e. The molecule has 8 heteroatoms. The Labute approximate surface area is 178 Å². The highest BCUT2D eigenvalue weighted by atomic mass is 79.9. The van der Waals surface area contributed by atoms with Crippen LogP contribution in [0.15, 0.2) is 51.8 Å². The van der Waals surface area contributed by atoms with Crippen LogP contribution in [0.4, 0.5) is 0 Å². The summed E-state index contributed by atoms with van der Waals surface area (Å²) in [4.78, 5) is 14.5. The van der Waals surface area contributed by atoms with Crippen LogP contribution in [0.1, 0.15) is 18.4 Å². The van der Waals surface area contributed by atoms with E-state index in [0.29, 0.717) is 30.8 Å². The van der Waals surface area contributed by atoms with Crippen molar-refractivity contribution in [2.75, 3.05) is 20.2 Å². The number of aryl methyl sites for hydroxylation is 1. The van der Waals surface area contributed by atoms with E-state index in [2.05, 4.69) is 15.9 Å². The maximum atomic E-state index is 12.8. The van der Waals surface area contributed by atoms with E-state index in [9.17, 15) is 13.2 Å². The van der Waals surface area contributed by atoms with Crippen molar-refractivity contribution in [1.29, 1.82) is 0 Å². The highest BCUT2D eigenvalue weighted by Gasteiger charge is 2.35. The van der Waals surface area contributed by atoms with E-state index in [0.717, 1.165) is 15.8 Å². The molecule has 1 saturated heterocycles. The zero-order valence-corrected chi connectivity index (χ0v) is 18.6. The molecule has 1 heterocycles. The van der Waals surface area contributed by atoms with Gasteiger partial charge in [0, 0.05) is 29.0 Å². The molecular formula is C20H21BrClNO4S. The fraction of sp³-hybridized carbons (Fsp3) is 0.350. The Hall–Kier alpha value is -1.57. The summed E-state index contributed by atoms with van der Waals surface area (Å²) in [5.41, 5.74) is 0.940. The van der Waals surface area contributed by atoms with Gasteiger partial charge in [0.15, 0.2) is 9.84 Å². The minimum Gasteiger partial charge on any atom is -0.496 e. The number of carbonyl (C=O) groups excluding carboxylic acids is 1. The lowest BCUT2D eigenvalue weighted by molar-refractivity contribution is -0.130. The summed E-state index contributed by atoms with van der Waals surface area (Å²) in [6.45, 7) is 0.672. The van der Waals surface area contributed by atoms with Gasteiger partial charge in [-0.1, -0.05) is 27.5 Å². The average molecular weight is 487 g/mol. The Morgan fingerprint density at radius 1 is 1.25 bits per heavy atom. The largest absolute Gasteiger partial charge is 0.496 e. The molecule has 0 saturated carbocycles. The first-order valence-electron chi connectivity index (χ1n) is 8.91. The normalized spacial score (nSPS) is 17.0. The van der Waals surface area contributed by atoms with Gasteiger partial charge in [-0.3, -0.25) is 4.79 Å². The van der Waals surface area contributed by atoms with E-state index >= 15 is 0 Å². The maximum absolute atomic E-state index is 12.8. The lowest BCUT2D eigenvalue weighted by Crippen LogP contribution is -2.32. The van der Waals surface area contributed by atoms with Crippen LogP contribution in [0, 0.1) is 0 Å². The Bertz CT molecular complexity index is 963. The molecule has 0 spiro atoms. The molecule has 0 radical (unpaired) electrons. The molecule has 28 heavy (non-hydrogen) atoms. The van der Waals surface area contributed by atoms with Crippen molar-refractivity contribution in [1.82, 2.24) is 4.90 Å². The third-order valence-electron chi connectivity index (χ3n) is 4.93. The van der Waals surface area contributed by atoms with Crippen LogP contribution in [-0.4, -0.2) is 44.7 Å². The van der Waals surface area contributed by atoms with Crippen LogP contribution >= 0.6 is 27.5 Å². The highest BCUT2D eigenvalue weighted by molar-refractivity contribution is 9.10. The molecule has 1 amide bonds. The van der Waals surface area contributed by atoms with E-state index in [1.807, 2.05) is 18.2 Å². The second-order valence-corrected chi connectivity index (χ2v) is 10.3. The fourth-order valence-corrected chi connectivity index (χ4v) is 5.59. The molecule has 150 valence electrons. The molecular weight excluding hydrogens is 466 g/mol. The van der Waals surface area contributed by atoms with E-state index < -0.39 is 15.1 Å². The highest BCUT2D eigenvalue weighted by Crippen LogP contribution is 2.27. The maximum Gasteiger partial charge on any atom is 0.222 e. The van der Waals surface area contributed by atoms with Crippen LogP contribution in [0.5, 0.6) is 5.75 Å². The second kappa shape index (κ2) is 8.84. The molecule has 0 aliphatic carbocycles. The number of benzene rings is 2. The zero-order chi connectivity index (χ0) is 20.3. The average Bonchev–Trinajstić information content (AvgIpc) is 3.18. The van der Waals surface area contributed by atoms with E-state index in [1.54, 1.807) is 24.1 Å². The number of amides is 1. The molecule has 0 N–H and O–H groups in total. The van der Waals surface area contributed by atoms with Gasteiger partial charge in [-0.05, 0) is 60.9 Å². The topological polar surface area (TPSA) is 63.7 Å². The number of carbonyl (C=O) groups is 1. The summed E-state index contributed by atoms with van der Waals surface area (Å²) < 4.78 is 31.9. The molecule has 1 unspecified atom stereocenters. The molecule has 1 aliphatic heterocycles. The number of hydrogen-bond acceptors (Lipinski definition) is 4. The van der Waals surface area contributed by atoms with Crippen molar-refractivity contribution in [3.05, 3.63) is 57.5 Å². The number of likely N-dealkylation sites (tertiary alicyclic amines) is 1.